The van der Waals surface area contributed by atoms with Crippen LogP contribution < -0.4 is 0 Å². The average molecular weight is 1010 g/mol. The molecule has 0 saturated heterocycles. The summed E-state index contributed by atoms with van der Waals surface area (Å²) in [5.74, 6) is -0.872. The monoisotopic (exact) mass is 1010 g/mol. The van der Waals surface area contributed by atoms with Crippen molar-refractivity contribution in [3.63, 3.8) is 0 Å². The molecular weight excluding hydrogens is 889 g/mol. The van der Waals surface area contributed by atoms with Crippen LogP contribution in [0.3, 0.4) is 0 Å². The summed E-state index contributed by atoms with van der Waals surface area (Å²) in [6, 6.07) is 0. The second-order valence-electron chi connectivity index (χ2n) is 21.7. The molecule has 0 bridgehead atoms. The summed E-state index contributed by atoms with van der Waals surface area (Å²) in [7, 11) is 0. The van der Waals surface area contributed by atoms with E-state index in [2.05, 4.69) is 57.2 Å². The Labute approximate surface area is 448 Å². The molecule has 72 heavy (non-hydrogen) atoms. The number of hydrogen-bond donors (Lipinski definition) is 0. The predicted octanol–water partition coefficient (Wildman–Crippen LogP) is 21.6. The molecule has 0 spiro atoms. The Morgan fingerprint density at radius 1 is 0.278 bits per heavy atom. The van der Waals surface area contributed by atoms with Crippen LogP contribution in [0.4, 0.5) is 0 Å². The third-order valence-corrected chi connectivity index (χ3v) is 14.4. The lowest BCUT2D eigenvalue weighted by molar-refractivity contribution is -0.167. The number of rotatable bonds is 59. The molecule has 0 aromatic heterocycles. The van der Waals surface area contributed by atoms with Gasteiger partial charge in [-0.1, -0.05) is 295 Å². The van der Waals surface area contributed by atoms with Crippen LogP contribution in [-0.2, 0) is 28.6 Å². The molecule has 0 aromatic rings. The highest BCUT2D eigenvalue weighted by Gasteiger charge is 2.19. The van der Waals surface area contributed by atoms with Crippen LogP contribution in [0.25, 0.3) is 0 Å². The molecule has 6 nitrogen and oxygen atoms in total. The molecule has 1 atom stereocenters. The van der Waals surface area contributed by atoms with Gasteiger partial charge >= 0.3 is 17.9 Å². The maximum atomic E-state index is 12.9. The fourth-order valence-corrected chi connectivity index (χ4v) is 9.55. The number of hydrogen-bond acceptors (Lipinski definition) is 6. The molecule has 6 heteroatoms. The van der Waals surface area contributed by atoms with Gasteiger partial charge < -0.3 is 14.2 Å². The molecule has 1 unspecified atom stereocenters. The molecule has 0 aliphatic rings. The van der Waals surface area contributed by atoms with Gasteiger partial charge in [-0.3, -0.25) is 14.4 Å². The Kier molecular flexibility index (Phi) is 59.2. The van der Waals surface area contributed by atoms with Crippen molar-refractivity contribution in [1.82, 2.24) is 0 Å². The van der Waals surface area contributed by atoms with Crippen LogP contribution in [0, 0.1) is 0 Å². The second kappa shape index (κ2) is 61.2. The van der Waals surface area contributed by atoms with Gasteiger partial charge in [0.1, 0.15) is 13.2 Å². The Bertz CT molecular complexity index is 1210. The van der Waals surface area contributed by atoms with Crippen LogP contribution in [0.2, 0.25) is 0 Å². The average Bonchev–Trinajstić information content (AvgIpc) is 3.38. The lowest BCUT2D eigenvalue weighted by Crippen LogP contribution is -2.30. The smallest absolute Gasteiger partial charge is 0.306 e. The number of allylic oxidation sites excluding steroid dienone is 6. The zero-order valence-electron chi connectivity index (χ0n) is 48.5. The van der Waals surface area contributed by atoms with E-state index in [0.717, 1.165) is 77.0 Å². The molecule has 0 saturated carbocycles. The Morgan fingerprint density at radius 3 is 0.778 bits per heavy atom. The van der Waals surface area contributed by atoms with Crippen molar-refractivity contribution in [2.24, 2.45) is 0 Å². The summed E-state index contributed by atoms with van der Waals surface area (Å²) >= 11 is 0. The largest absolute Gasteiger partial charge is 0.462 e. The maximum Gasteiger partial charge on any atom is 0.306 e. The van der Waals surface area contributed by atoms with Gasteiger partial charge in [-0.25, -0.2) is 0 Å². The molecule has 0 aromatic carbocycles. The number of carbonyl (C=O) groups excluding carboxylic acids is 3. The van der Waals surface area contributed by atoms with Crippen molar-refractivity contribution in [2.75, 3.05) is 13.2 Å². The van der Waals surface area contributed by atoms with E-state index in [1.54, 1.807) is 0 Å². The molecule has 0 N–H and O–H groups in total. The van der Waals surface area contributed by atoms with Crippen molar-refractivity contribution in [1.29, 1.82) is 0 Å². The highest BCUT2D eigenvalue weighted by molar-refractivity contribution is 5.71. The molecule has 0 aliphatic carbocycles. The number of carbonyl (C=O) groups is 3. The van der Waals surface area contributed by atoms with Crippen molar-refractivity contribution in [2.45, 2.75) is 354 Å². The van der Waals surface area contributed by atoms with E-state index in [9.17, 15) is 14.4 Å². The summed E-state index contributed by atoms with van der Waals surface area (Å²) in [6.45, 7) is 6.68. The third kappa shape index (κ3) is 58.5. The molecule has 0 radical (unpaired) electrons. The first-order chi connectivity index (χ1) is 35.5. The zero-order valence-corrected chi connectivity index (χ0v) is 48.5. The minimum Gasteiger partial charge on any atom is -0.462 e. The summed E-state index contributed by atoms with van der Waals surface area (Å²) in [5, 5.41) is 0. The van der Waals surface area contributed by atoms with E-state index in [0.29, 0.717) is 19.3 Å². The Morgan fingerprint density at radius 2 is 0.500 bits per heavy atom. The van der Waals surface area contributed by atoms with Crippen LogP contribution in [-0.4, -0.2) is 37.2 Å². The number of unbranched alkanes of at least 4 members (excludes halogenated alkanes) is 43. The normalized spacial score (nSPS) is 12.2. The van der Waals surface area contributed by atoms with E-state index in [-0.39, 0.29) is 31.1 Å². The molecular formula is C66H122O6. The lowest BCUT2D eigenvalue weighted by Gasteiger charge is -2.18. The van der Waals surface area contributed by atoms with Gasteiger partial charge in [-0.05, 0) is 70.6 Å². The molecule has 0 fully saturated rings. The van der Waals surface area contributed by atoms with Gasteiger partial charge in [0.15, 0.2) is 6.10 Å². The number of esters is 3. The minimum atomic E-state index is -0.780. The standard InChI is InChI=1S/C66H122O6/c1-4-7-10-13-16-19-22-25-28-31-33-36-38-41-44-47-50-53-56-59-65(68)71-62-63(61-70-64(67)58-55-52-49-46-43-40-37-34-30-27-24-21-18-15-12-9-6-3)72-66(69)60-57-54-51-48-45-42-39-35-32-29-26-23-20-17-14-11-8-5-2/h29,31-33,35,39,63H,4-28,30,34,36-38,40-62H2,1-3H3/b32-29-,33-31-,39-35-. The van der Waals surface area contributed by atoms with Crippen LogP contribution in [0.1, 0.15) is 348 Å². The summed E-state index contributed by atoms with van der Waals surface area (Å²) in [5.41, 5.74) is 0. The minimum absolute atomic E-state index is 0.0757. The van der Waals surface area contributed by atoms with Gasteiger partial charge in [0.05, 0.1) is 0 Å². The Hall–Kier alpha value is -2.37. The predicted molar refractivity (Wildman–Crippen MR) is 312 cm³/mol. The summed E-state index contributed by atoms with van der Waals surface area (Å²) < 4.78 is 16.9. The van der Waals surface area contributed by atoms with E-state index in [4.69, 9.17) is 14.2 Å². The highest BCUT2D eigenvalue weighted by atomic mass is 16.6. The van der Waals surface area contributed by atoms with E-state index in [1.807, 2.05) is 0 Å². The first-order valence-corrected chi connectivity index (χ1v) is 32.0. The summed E-state index contributed by atoms with van der Waals surface area (Å²) in [6.07, 6.45) is 74.3. The second-order valence-corrected chi connectivity index (χ2v) is 21.7. The first kappa shape index (κ1) is 69.6. The molecule has 0 heterocycles. The first-order valence-electron chi connectivity index (χ1n) is 32.0. The van der Waals surface area contributed by atoms with Gasteiger partial charge in [-0.15, -0.1) is 0 Å². The van der Waals surface area contributed by atoms with E-state index >= 15 is 0 Å². The van der Waals surface area contributed by atoms with E-state index < -0.39 is 6.10 Å². The molecule has 0 rings (SSSR count). The van der Waals surface area contributed by atoms with E-state index in [1.165, 1.54) is 231 Å². The van der Waals surface area contributed by atoms with Crippen molar-refractivity contribution < 1.29 is 28.6 Å². The lowest BCUT2D eigenvalue weighted by atomic mass is 10.0. The van der Waals surface area contributed by atoms with Crippen molar-refractivity contribution >= 4 is 17.9 Å². The summed E-state index contributed by atoms with van der Waals surface area (Å²) in [4.78, 5) is 38.3. The van der Waals surface area contributed by atoms with Gasteiger partial charge in [-0.2, -0.15) is 0 Å². The number of ether oxygens (including phenoxy) is 3. The molecule has 0 amide bonds. The van der Waals surface area contributed by atoms with Crippen LogP contribution in [0.5, 0.6) is 0 Å². The zero-order chi connectivity index (χ0) is 52.2. The van der Waals surface area contributed by atoms with Gasteiger partial charge in [0, 0.05) is 19.3 Å². The van der Waals surface area contributed by atoms with Crippen molar-refractivity contribution in [3.05, 3.63) is 36.5 Å². The fourth-order valence-electron chi connectivity index (χ4n) is 9.55. The Balaban J connectivity index is 4.36. The maximum absolute atomic E-state index is 12.9. The molecule has 422 valence electrons. The third-order valence-electron chi connectivity index (χ3n) is 14.4. The topological polar surface area (TPSA) is 78.9 Å². The van der Waals surface area contributed by atoms with Gasteiger partial charge in [0.2, 0.25) is 0 Å². The van der Waals surface area contributed by atoms with Crippen molar-refractivity contribution in [3.8, 4) is 0 Å². The van der Waals surface area contributed by atoms with Crippen LogP contribution in [0.15, 0.2) is 36.5 Å². The fraction of sp³-hybridized carbons (Fsp3) is 0.864. The van der Waals surface area contributed by atoms with Gasteiger partial charge in [0.25, 0.3) is 0 Å². The SMILES string of the molecule is CCCCCCCCC/C=C\C=C/CCCCCCCC(=O)OC(COC(=O)CCCCCCCCC/C=C\CCCCCCCCCC)COC(=O)CCCCCCCCCCCCCCCCCCC. The highest BCUT2D eigenvalue weighted by Crippen LogP contribution is 2.17. The molecule has 0 aliphatic heterocycles. The van der Waals surface area contributed by atoms with Crippen LogP contribution >= 0.6 is 0 Å². The quantitative estimate of drug-likeness (QED) is 0.0199.